The molecule has 3 rings (SSSR count). The second-order valence-electron chi connectivity index (χ2n) is 7.12. The van der Waals surface area contributed by atoms with Crippen LogP contribution in [-0.4, -0.2) is 29.9 Å². The summed E-state index contributed by atoms with van der Waals surface area (Å²) in [7, 11) is 0. The second kappa shape index (κ2) is 5.88. The lowest BCUT2D eigenvalue weighted by molar-refractivity contribution is -0.921. The molecule has 1 aliphatic heterocycles. The Bertz CT molecular complexity index is 701. The number of quaternary nitrogens is 1. The summed E-state index contributed by atoms with van der Waals surface area (Å²) in [6.07, 6.45) is 2.54. The molecule has 1 unspecified atom stereocenters. The fourth-order valence-corrected chi connectivity index (χ4v) is 3.89. The number of hydrogen-bond donors (Lipinski definition) is 2. The quantitative estimate of drug-likeness (QED) is 0.840. The number of aryl methyl sites for hydroxylation is 2. The highest BCUT2D eigenvalue weighted by atomic mass is 16.1. The van der Waals surface area contributed by atoms with Gasteiger partial charge in [-0.2, -0.15) is 0 Å². The van der Waals surface area contributed by atoms with Gasteiger partial charge in [-0.3, -0.25) is 4.79 Å². The lowest BCUT2D eigenvalue weighted by Crippen LogP contribution is -3.17. The summed E-state index contributed by atoms with van der Waals surface area (Å²) < 4.78 is 0. The number of likely N-dealkylation sites (tertiary alicyclic amines) is 1. The number of ketones is 1. The third kappa shape index (κ3) is 2.70. The Morgan fingerprint density at radius 3 is 2.86 bits per heavy atom. The van der Waals surface area contributed by atoms with Crippen LogP contribution in [0.3, 0.4) is 0 Å². The van der Waals surface area contributed by atoms with E-state index in [2.05, 4.69) is 44.0 Å². The number of piperidine rings is 1. The lowest BCUT2D eigenvalue weighted by Gasteiger charge is -2.31. The third-order valence-electron chi connectivity index (χ3n) is 5.20. The first-order chi connectivity index (χ1) is 10.5. The predicted octanol–water partition coefficient (Wildman–Crippen LogP) is 2.67. The molecular formula is C19H27N2O+. The van der Waals surface area contributed by atoms with Crippen LogP contribution in [0.5, 0.6) is 0 Å². The van der Waals surface area contributed by atoms with Gasteiger partial charge in [0.15, 0.2) is 0 Å². The van der Waals surface area contributed by atoms with E-state index in [-0.39, 0.29) is 11.8 Å². The molecule has 0 bridgehead atoms. The SMILES string of the molecule is Cc1ccc2c(C(=O)[C@H](C)[NH+]3CCC[C@H](C)C3)c(C)[nH]c2c1. The number of hydrogen-bond acceptors (Lipinski definition) is 1. The fraction of sp³-hybridized carbons (Fsp3) is 0.526. The molecule has 1 aliphatic rings. The maximum Gasteiger partial charge on any atom is 0.222 e. The number of fused-ring (bicyclic) bond motifs is 1. The van der Waals surface area contributed by atoms with Gasteiger partial charge in [0.25, 0.3) is 0 Å². The summed E-state index contributed by atoms with van der Waals surface area (Å²) in [5, 5.41) is 1.07. The van der Waals surface area contributed by atoms with Crippen molar-refractivity contribution in [2.45, 2.75) is 46.6 Å². The molecule has 22 heavy (non-hydrogen) atoms. The summed E-state index contributed by atoms with van der Waals surface area (Å²) >= 11 is 0. The van der Waals surface area contributed by atoms with Crippen LogP contribution in [0.2, 0.25) is 0 Å². The third-order valence-corrected chi connectivity index (χ3v) is 5.20. The van der Waals surface area contributed by atoms with Crippen molar-refractivity contribution in [1.29, 1.82) is 0 Å². The molecule has 2 heterocycles. The minimum Gasteiger partial charge on any atom is -0.358 e. The molecule has 0 amide bonds. The number of H-pyrrole nitrogens is 1. The standard InChI is InChI=1S/C19H26N2O/c1-12-7-8-16-17(10-12)20-14(3)18(16)19(22)15(4)21-9-5-6-13(2)11-21/h7-8,10,13,15,20H,5-6,9,11H2,1-4H3/p+1/t13-,15-/m0/s1. The zero-order valence-electron chi connectivity index (χ0n) is 14.1. The minimum absolute atomic E-state index is 0.0433. The van der Waals surface area contributed by atoms with E-state index in [0.717, 1.165) is 41.2 Å². The Balaban J connectivity index is 1.93. The molecule has 3 heteroatoms. The molecule has 118 valence electrons. The molecule has 0 aliphatic carbocycles. The highest BCUT2D eigenvalue weighted by Crippen LogP contribution is 2.24. The number of carbonyl (C=O) groups excluding carboxylic acids is 1. The fourth-order valence-electron chi connectivity index (χ4n) is 3.89. The molecule has 1 aromatic carbocycles. The smallest absolute Gasteiger partial charge is 0.222 e. The van der Waals surface area contributed by atoms with Crippen molar-refractivity contribution in [3.63, 3.8) is 0 Å². The van der Waals surface area contributed by atoms with Crippen molar-refractivity contribution in [2.24, 2.45) is 5.92 Å². The number of aromatic amines is 1. The number of benzene rings is 1. The van der Waals surface area contributed by atoms with Crippen LogP contribution >= 0.6 is 0 Å². The van der Waals surface area contributed by atoms with Gasteiger partial charge in [-0.25, -0.2) is 0 Å². The number of carbonyl (C=O) groups is 1. The van der Waals surface area contributed by atoms with Gasteiger partial charge in [0.2, 0.25) is 5.78 Å². The van der Waals surface area contributed by atoms with Crippen LogP contribution in [0.25, 0.3) is 10.9 Å². The molecule has 3 nitrogen and oxygen atoms in total. The van der Waals surface area contributed by atoms with Gasteiger partial charge in [0.05, 0.1) is 18.7 Å². The average Bonchev–Trinajstić information content (AvgIpc) is 2.80. The summed E-state index contributed by atoms with van der Waals surface area (Å²) in [6.45, 7) is 10.7. The summed E-state index contributed by atoms with van der Waals surface area (Å²) in [4.78, 5) is 17.9. The molecule has 2 aromatic rings. The average molecular weight is 299 g/mol. The topological polar surface area (TPSA) is 37.3 Å². The molecule has 2 N–H and O–H groups in total. The molecule has 3 atom stereocenters. The van der Waals surface area contributed by atoms with Crippen molar-refractivity contribution in [3.8, 4) is 0 Å². The Morgan fingerprint density at radius 1 is 1.36 bits per heavy atom. The van der Waals surface area contributed by atoms with E-state index in [1.807, 2.05) is 6.92 Å². The van der Waals surface area contributed by atoms with Gasteiger partial charge in [-0.05, 0) is 45.2 Å². The molecular weight excluding hydrogens is 272 g/mol. The monoisotopic (exact) mass is 299 g/mol. The van der Waals surface area contributed by atoms with Crippen molar-refractivity contribution in [2.75, 3.05) is 13.1 Å². The van der Waals surface area contributed by atoms with Gasteiger partial charge in [-0.15, -0.1) is 0 Å². The Kier molecular flexibility index (Phi) is 4.09. The molecule has 0 saturated carbocycles. The van der Waals surface area contributed by atoms with Gasteiger partial charge < -0.3 is 9.88 Å². The van der Waals surface area contributed by atoms with E-state index >= 15 is 0 Å². The first-order valence-corrected chi connectivity index (χ1v) is 8.45. The van der Waals surface area contributed by atoms with Gasteiger partial charge >= 0.3 is 0 Å². The lowest BCUT2D eigenvalue weighted by atomic mass is 9.95. The first-order valence-electron chi connectivity index (χ1n) is 8.45. The Labute approximate surface area is 132 Å². The van der Waals surface area contributed by atoms with E-state index in [9.17, 15) is 4.79 Å². The Hall–Kier alpha value is -1.61. The van der Waals surface area contributed by atoms with E-state index < -0.39 is 0 Å². The van der Waals surface area contributed by atoms with Crippen molar-refractivity contribution >= 4 is 16.7 Å². The zero-order chi connectivity index (χ0) is 15.9. The van der Waals surface area contributed by atoms with Crippen LogP contribution < -0.4 is 4.90 Å². The first kappa shape index (κ1) is 15.3. The number of nitrogens with one attached hydrogen (secondary N) is 2. The molecule has 1 aromatic heterocycles. The number of aromatic nitrogens is 1. The molecule has 1 fully saturated rings. The molecule has 0 radical (unpaired) electrons. The van der Waals surface area contributed by atoms with Crippen LogP contribution in [0.15, 0.2) is 18.2 Å². The number of Topliss-reactive ketones (excluding diaryl/α,β-unsaturated/α-hetero) is 1. The van der Waals surface area contributed by atoms with Crippen molar-refractivity contribution in [3.05, 3.63) is 35.0 Å². The maximum atomic E-state index is 13.1. The predicted molar refractivity (Wildman–Crippen MR) is 90.7 cm³/mol. The summed E-state index contributed by atoms with van der Waals surface area (Å²) in [6, 6.07) is 6.34. The van der Waals surface area contributed by atoms with Gasteiger partial charge in [-0.1, -0.05) is 19.1 Å². The molecule has 1 saturated heterocycles. The highest BCUT2D eigenvalue weighted by molar-refractivity contribution is 6.11. The normalized spacial score (nSPS) is 23.6. The van der Waals surface area contributed by atoms with E-state index in [1.165, 1.54) is 23.3 Å². The van der Waals surface area contributed by atoms with Crippen LogP contribution in [-0.2, 0) is 0 Å². The van der Waals surface area contributed by atoms with Gasteiger partial charge in [0.1, 0.15) is 6.04 Å². The zero-order valence-corrected chi connectivity index (χ0v) is 14.1. The van der Waals surface area contributed by atoms with E-state index in [4.69, 9.17) is 0 Å². The van der Waals surface area contributed by atoms with Gasteiger partial charge in [0, 0.05) is 22.5 Å². The van der Waals surface area contributed by atoms with Crippen molar-refractivity contribution in [1.82, 2.24) is 4.98 Å². The summed E-state index contributed by atoms with van der Waals surface area (Å²) in [5.74, 6) is 1.02. The minimum atomic E-state index is 0.0433. The molecule has 0 spiro atoms. The maximum absolute atomic E-state index is 13.1. The second-order valence-corrected chi connectivity index (χ2v) is 7.12. The Morgan fingerprint density at radius 2 is 2.14 bits per heavy atom. The van der Waals surface area contributed by atoms with Crippen LogP contribution in [0.4, 0.5) is 0 Å². The number of rotatable bonds is 3. The van der Waals surface area contributed by atoms with Crippen LogP contribution in [0, 0.1) is 19.8 Å². The van der Waals surface area contributed by atoms with Crippen LogP contribution in [0.1, 0.15) is 48.3 Å². The van der Waals surface area contributed by atoms with Crippen molar-refractivity contribution < 1.29 is 9.69 Å². The highest BCUT2D eigenvalue weighted by Gasteiger charge is 2.32. The summed E-state index contributed by atoms with van der Waals surface area (Å²) in [5.41, 5.74) is 4.20. The van der Waals surface area contributed by atoms with E-state index in [1.54, 1.807) is 0 Å². The van der Waals surface area contributed by atoms with E-state index in [0.29, 0.717) is 0 Å². The largest absolute Gasteiger partial charge is 0.358 e.